The smallest absolute Gasteiger partial charge is 0.134 e. The van der Waals surface area contributed by atoms with Gasteiger partial charge in [0.2, 0.25) is 0 Å². The van der Waals surface area contributed by atoms with Gasteiger partial charge in [0.1, 0.15) is 12.1 Å². The van der Waals surface area contributed by atoms with Crippen LogP contribution in [0.4, 0.5) is 5.82 Å². The molecule has 0 aliphatic rings. The summed E-state index contributed by atoms with van der Waals surface area (Å²) in [5.41, 5.74) is 0.902. The number of nitrogens with zero attached hydrogens (tertiary/aromatic N) is 2. The fourth-order valence-electron chi connectivity index (χ4n) is 0.899. The SMILES string of the molecule is [CH2-]C(=O)Nc1cc(C(C)C)ncn1.[Re]. The van der Waals surface area contributed by atoms with Crippen LogP contribution in [0, 0.1) is 6.92 Å². The molecule has 0 saturated heterocycles. The maximum absolute atomic E-state index is 10.6. The van der Waals surface area contributed by atoms with E-state index in [-0.39, 0.29) is 26.3 Å². The van der Waals surface area contributed by atoms with Crippen molar-refractivity contribution in [1.82, 2.24) is 9.97 Å². The van der Waals surface area contributed by atoms with Gasteiger partial charge in [-0.05, 0) is 5.92 Å². The third-order valence-electron chi connectivity index (χ3n) is 1.55. The van der Waals surface area contributed by atoms with Gasteiger partial charge >= 0.3 is 0 Å². The molecular weight excluding hydrogens is 352 g/mol. The van der Waals surface area contributed by atoms with Crippen LogP contribution in [0.5, 0.6) is 0 Å². The molecule has 0 saturated carbocycles. The molecular formula is C9H12N3ORe-. The molecule has 0 aliphatic carbocycles. The van der Waals surface area contributed by atoms with Gasteiger partial charge in [0, 0.05) is 32.2 Å². The molecule has 1 amide bonds. The second kappa shape index (κ2) is 5.74. The monoisotopic (exact) mass is 365 g/mol. The van der Waals surface area contributed by atoms with Crippen LogP contribution in [-0.2, 0) is 25.2 Å². The van der Waals surface area contributed by atoms with Crippen molar-refractivity contribution in [2.75, 3.05) is 5.32 Å². The van der Waals surface area contributed by atoms with E-state index in [9.17, 15) is 4.79 Å². The Bertz CT molecular complexity index is 315. The molecule has 1 rings (SSSR count). The number of nitrogens with one attached hydrogen (secondary N) is 1. The molecule has 0 atom stereocenters. The zero-order chi connectivity index (χ0) is 9.84. The fraction of sp³-hybridized carbons (Fsp3) is 0.333. The first kappa shape index (κ1) is 13.1. The first-order valence-corrected chi connectivity index (χ1v) is 4.04. The van der Waals surface area contributed by atoms with Crippen LogP contribution in [0.2, 0.25) is 0 Å². The van der Waals surface area contributed by atoms with Crippen LogP contribution in [-0.4, -0.2) is 15.9 Å². The second-order valence-electron chi connectivity index (χ2n) is 3.03. The predicted molar refractivity (Wildman–Crippen MR) is 50.1 cm³/mol. The van der Waals surface area contributed by atoms with Gasteiger partial charge < -0.3 is 17.0 Å². The van der Waals surface area contributed by atoms with Gasteiger partial charge in [0.05, 0.1) is 5.91 Å². The summed E-state index contributed by atoms with van der Waals surface area (Å²) >= 11 is 0. The van der Waals surface area contributed by atoms with E-state index < -0.39 is 0 Å². The van der Waals surface area contributed by atoms with Gasteiger partial charge in [-0.1, -0.05) is 13.8 Å². The first-order chi connectivity index (χ1) is 6.09. The maximum Gasteiger partial charge on any atom is 0.134 e. The number of rotatable bonds is 2. The first-order valence-electron chi connectivity index (χ1n) is 4.04. The summed E-state index contributed by atoms with van der Waals surface area (Å²) in [7, 11) is 0. The van der Waals surface area contributed by atoms with Crippen LogP contribution >= 0.6 is 0 Å². The number of hydrogen-bond donors (Lipinski definition) is 1. The number of anilines is 1. The van der Waals surface area contributed by atoms with Gasteiger partial charge in [0.15, 0.2) is 0 Å². The Hall–Kier alpha value is -0.918. The molecule has 0 fully saturated rings. The van der Waals surface area contributed by atoms with Gasteiger partial charge in [-0.25, -0.2) is 9.97 Å². The summed E-state index contributed by atoms with van der Waals surface area (Å²) in [4.78, 5) is 18.6. The fourth-order valence-corrected chi connectivity index (χ4v) is 0.899. The van der Waals surface area contributed by atoms with Crippen LogP contribution in [0.15, 0.2) is 12.4 Å². The largest absolute Gasteiger partial charge is 0.336 e. The molecule has 0 spiro atoms. The molecule has 0 bridgehead atoms. The summed E-state index contributed by atoms with van der Waals surface area (Å²) in [5.74, 6) is 0.454. The summed E-state index contributed by atoms with van der Waals surface area (Å²) in [6.45, 7) is 7.25. The molecule has 1 aromatic heterocycles. The summed E-state index contributed by atoms with van der Waals surface area (Å²) in [6, 6.07) is 1.74. The Morgan fingerprint density at radius 3 is 2.64 bits per heavy atom. The maximum atomic E-state index is 10.6. The number of aromatic nitrogens is 2. The van der Waals surface area contributed by atoms with Crippen LogP contribution in [0.25, 0.3) is 0 Å². The Kier molecular flexibility index (Phi) is 5.36. The summed E-state index contributed by atoms with van der Waals surface area (Å²) < 4.78 is 0. The standard InChI is InChI=1S/C9H12N3O.Re/c1-6(2)8-4-9(11-5-10-8)12-7(3)13;/h4-6H,3H2,1-2H3,(H,10,11,12,13);/q-1;. The number of amides is 1. The van der Waals surface area contributed by atoms with Gasteiger partial charge in [-0.2, -0.15) is 0 Å². The van der Waals surface area contributed by atoms with Gasteiger partial charge in [-0.3, -0.25) is 0 Å². The van der Waals surface area contributed by atoms with E-state index in [1.54, 1.807) is 6.07 Å². The van der Waals surface area contributed by atoms with E-state index in [1.807, 2.05) is 13.8 Å². The Labute approximate surface area is 97.2 Å². The summed E-state index contributed by atoms with van der Waals surface area (Å²) in [5, 5.41) is 2.50. The molecule has 1 radical (unpaired) electrons. The quantitative estimate of drug-likeness (QED) is 0.807. The molecule has 1 N–H and O–H groups in total. The van der Waals surface area contributed by atoms with Crippen LogP contribution < -0.4 is 5.32 Å². The molecule has 4 nitrogen and oxygen atoms in total. The zero-order valence-electron chi connectivity index (χ0n) is 8.12. The minimum atomic E-state index is -0.367. The molecule has 1 heterocycles. The van der Waals surface area contributed by atoms with E-state index in [0.717, 1.165) is 5.69 Å². The van der Waals surface area contributed by atoms with Gasteiger partial charge in [0.25, 0.3) is 0 Å². The average Bonchev–Trinajstić information content (AvgIpc) is 2.03. The van der Waals surface area contributed by atoms with Crippen LogP contribution in [0.3, 0.4) is 0 Å². The van der Waals surface area contributed by atoms with E-state index >= 15 is 0 Å². The van der Waals surface area contributed by atoms with Crippen molar-refractivity contribution in [1.29, 1.82) is 0 Å². The Morgan fingerprint density at radius 2 is 2.14 bits per heavy atom. The molecule has 0 unspecified atom stereocenters. The van der Waals surface area contributed by atoms with E-state index in [4.69, 9.17) is 0 Å². The zero-order valence-corrected chi connectivity index (χ0v) is 10.8. The third-order valence-corrected chi connectivity index (χ3v) is 1.55. The topological polar surface area (TPSA) is 54.9 Å². The van der Waals surface area contributed by atoms with Crippen molar-refractivity contribution < 1.29 is 25.2 Å². The normalized spacial score (nSPS) is 9.36. The van der Waals surface area contributed by atoms with Gasteiger partial charge in [-0.15, -0.1) is 0 Å². The molecule has 1 aromatic rings. The van der Waals surface area contributed by atoms with E-state index in [2.05, 4.69) is 22.2 Å². The minimum Gasteiger partial charge on any atom is -0.336 e. The van der Waals surface area contributed by atoms with Crippen molar-refractivity contribution in [2.45, 2.75) is 19.8 Å². The van der Waals surface area contributed by atoms with Crippen molar-refractivity contribution >= 4 is 11.7 Å². The third kappa shape index (κ3) is 3.86. The Balaban J connectivity index is 0.00000169. The molecule has 77 valence electrons. The minimum absolute atomic E-state index is 0. The molecule has 14 heavy (non-hydrogen) atoms. The molecule has 0 aliphatic heterocycles. The second-order valence-corrected chi connectivity index (χ2v) is 3.03. The van der Waals surface area contributed by atoms with Crippen molar-refractivity contribution in [3.05, 3.63) is 25.0 Å². The van der Waals surface area contributed by atoms with E-state index in [1.165, 1.54) is 6.33 Å². The Morgan fingerprint density at radius 1 is 1.50 bits per heavy atom. The molecule has 5 heteroatoms. The van der Waals surface area contributed by atoms with Crippen molar-refractivity contribution in [2.24, 2.45) is 0 Å². The average molecular weight is 364 g/mol. The molecule has 0 aromatic carbocycles. The number of carbonyl (C=O) groups is 1. The number of hydrogen-bond acceptors (Lipinski definition) is 3. The van der Waals surface area contributed by atoms with E-state index in [0.29, 0.717) is 11.7 Å². The van der Waals surface area contributed by atoms with Crippen LogP contribution in [0.1, 0.15) is 25.5 Å². The van der Waals surface area contributed by atoms with Crippen molar-refractivity contribution in [3.8, 4) is 0 Å². The summed E-state index contributed by atoms with van der Waals surface area (Å²) in [6.07, 6.45) is 1.43. The van der Waals surface area contributed by atoms with Crippen molar-refractivity contribution in [3.63, 3.8) is 0 Å². The predicted octanol–water partition coefficient (Wildman–Crippen LogP) is 1.37. The number of carbonyl (C=O) groups excluding carboxylic acids is 1.